The quantitative estimate of drug-likeness (QED) is 0.715. The third kappa shape index (κ3) is 3.74. The van der Waals surface area contributed by atoms with E-state index >= 15 is 0 Å². The van der Waals surface area contributed by atoms with Crippen molar-refractivity contribution in [1.82, 2.24) is 0 Å². The van der Waals surface area contributed by atoms with Gasteiger partial charge in [-0.2, -0.15) is 0 Å². The second kappa shape index (κ2) is 5.82. The number of aliphatic hydroxyl groups excluding tert-OH is 1. The maximum absolute atomic E-state index is 11.6. The fourth-order valence-corrected chi connectivity index (χ4v) is 3.86. The van der Waals surface area contributed by atoms with E-state index in [2.05, 4.69) is 0 Å². The molecule has 1 heterocycles. The normalized spacial score (nSPS) is 27.5. The smallest absolute Gasteiger partial charge is 0.155 e. The summed E-state index contributed by atoms with van der Waals surface area (Å²) in [7, 11) is -3.09. The minimum atomic E-state index is -3.09. The molecule has 1 saturated heterocycles. The molecular weight excluding hydrogens is 216 g/mol. The van der Waals surface area contributed by atoms with Gasteiger partial charge in [0.25, 0.3) is 0 Å². The Hall–Kier alpha value is -0.130. The number of ether oxygens (including phenoxy) is 1. The maximum atomic E-state index is 11.6. The van der Waals surface area contributed by atoms with Gasteiger partial charge >= 0.3 is 0 Å². The molecule has 0 amide bonds. The van der Waals surface area contributed by atoms with Crippen LogP contribution in [0, 0.1) is 0 Å². The van der Waals surface area contributed by atoms with Gasteiger partial charge in [-0.3, -0.25) is 0 Å². The van der Waals surface area contributed by atoms with Gasteiger partial charge in [0.05, 0.1) is 23.7 Å². The molecule has 0 radical (unpaired) electrons. The van der Waals surface area contributed by atoms with Crippen LogP contribution in [0.25, 0.3) is 0 Å². The Morgan fingerprint density at radius 3 is 2.80 bits per heavy atom. The highest BCUT2D eigenvalue weighted by molar-refractivity contribution is 7.92. The molecule has 0 aromatic rings. The van der Waals surface area contributed by atoms with Crippen molar-refractivity contribution in [3.8, 4) is 0 Å². The summed E-state index contributed by atoms with van der Waals surface area (Å²) in [5.74, 6) is 0.211. The molecule has 0 saturated carbocycles. The van der Waals surface area contributed by atoms with Gasteiger partial charge in [0.1, 0.15) is 0 Å². The zero-order valence-corrected chi connectivity index (χ0v) is 10.0. The van der Waals surface area contributed by atoms with E-state index in [0.29, 0.717) is 13.0 Å². The van der Waals surface area contributed by atoms with Crippen molar-refractivity contribution in [2.75, 3.05) is 19.0 Å². The SMILES string of the molecule is CCCOCC(O)C1CCCCS1(=O)=O. The van der Waals surface area contributed by atoms with E-state index in [0.717, 1.165) is 19.3 Å². The van der Waals surface area contributed by atoms with Crippen molar-refractivity contribution in [3.05, 3.63) is 0 Å². The highest BCUT2D eigenvalue weighted by Gasteiger charge is 2.34. The van der Waals surface area contributed by atoms with E-state index in [4.69, 9.17) is 4.74 Å². The van der Waals surface area contributed by atoms with Crippen LogP contribution in [0.3, 0.4) is 0 Å². The predicted octanol–water partition coefficient (Wildman–Crippen LogP) is 0.741. The molecule has 15 heavy (non-hydrogen) atoms. The summed E-state index contributed by atoms with van der Waals surface area (Å²) in [6, 6.07) is 0. The molecule has 0 aromatic carbocycles. The third-order valence-electron chi connectivity index (χ3n) is 2.69. The summed E-state index contributed by atoms with van der Waals surface area (Å²) < 4.78 is 28.5. The first-order valence-electron chi connectivity index (χ1n) is 5.55. The number of hydrogen-bond acceptors (Lipinski definition) is 4. The van der Waals surface area contributed by atoms with Gasteiger partial charge in [-0.15, -0.1) is 0 Å². The van der Waals surface area contributed by atoms with Gasteiger partial charge < -0.3 is 9.84 Å². The van der Waals surface area contributed by atoms with Crippen LogP contribution in [0.15, 0.2) is 0 Å². The molecule has 90 valence electrons. The minimum absolute atomic E-state index is 0.137. The molecule has 2 atom stereocenters. The molecule has 1 aliphatic heterocycles. The highest BCUT2D eigenvalue weighted by Crippen LogP contribution is 2.22. The topological polar surface area (TPSA) is 63.6 Å². The summed E-state index contributed by atoms with van der Waals surface area (Å²) in [6.07, 6.45) is 2.20. The number of aliphatic hydroxyl groups is 1. The molecule has 0 spiro atoms. The lowest BCUT2D eigenvalue weighted by atomic mass is 10.1. The van der Waals surface area contributed by atoms with Crippen LogP contribution in [0.5, 0.6) is 0 Å². The Labute approximate surface area is 91.6 Å². The summed E-state index contributed by atoms with van der Waals surface area (Å²) in [5, 5.41) is 9.12. The van der Waals surface area contributed by atoms with Crippen molar-refractivity contribution in [2.24, 2.45) is 0 Å². The highest BCUT2D eigenvalue weighted by atomic mass is 32.2. The lowest BCUT2D eigenvalue weighted by Crippen LogP contribution is -2.40. The van der Waals surface area contributed by atoms with Crippen LogP contribution in [-0.2, 0) is 14.6 Å². The first-order valence-corrected chi connectivity index (χ1v) is 7.27. The lowest BCUT2D eigenvalue weighted by molar-refractivity contribution is 0.0328. The van der Waals surface area contributed by atoms with Gasteiger partial charge in [0.15, 0.2) is 9.84 Å². The first kappa shape index (κ1) is 12.9. The van der Waals surface area contributed by atoms with E-state index in [1.807, 2.05) is 6.92 Å². The zero-order valence-electron chi connectivity index (χ0n) is 9.18. The predicted molar refractivity (Wildman–Crippen MR) is 58.5 cm³/mol. The molecule has 1 aliphatic rings. The second-order valence-electron chi connectivity index (χ2n) is 4.04. The molecule has 1 rings (SSSR count). The first-order chi connectivity index (χ1) is 7.08. The van der Waals surface area contributed by atoms with E-state index in [1.54, 1.807) is 0 Å². The fraction of sp³-hybridized carbons (Fsp3) is 1.00. The van der Waals surface area contributed by atoms with Gasteiger partial charge in [0, 0.05) is 6.61 Å². The molecule has 0 aliphatic carbocycles. The number of hydrogen-bond donors (Lipinski definition) is 1. The molecule has 1 N–H and O–H groups in total. The van der Waals surface area contributed by atoms with Crippen LogP contribution >= 0.6 is 0 Å². The fourth-order valence-electron chi connectivity index (χ4n) is 1.87. The van der Waals surface area contributed by atoms with Crippen LogP contribution in [-0.4, -0.2) is 43.8 Å². The summed E-state index contributed by atoms with van der Waals surface area (Å²) in [4.78, 5) is 0. The number of sulfone groups is 1. The van der Waals surface area contributed by atoms with Crippen molar-refractivity contribution < 1.29 is 18.3 Å². The van der Waals surface area contributed by atoms with Crippen molar-refractivity contribution >= 4 is 9.84 Å². The second-order valence-corrected chi connectivity index (χ2v) is 6.38. The van der Waals surface area contributed by atoms with Gasteiger partial charge in [-0.25, -0.2) is 8.42 Å². The Morgan fingerprint density at radius 1 is 1.47 bits per heavy atom. The van der Waals surface area contributed by atoms with Gasteiger partial charge in [-0.1, -0.05) is 13.3 Å². The maximum Gasteiger partial charge on any atom is 0.155 e. The molecule has 0 bridgehead atoms. The van der Waals surface area contributed by atoms with Crippen molar-refractivity contribution in [3.63, 3.8) is 0 Å². The van der Waals surface area contributed by atoms with Gasteiger partial charge in [-0.05, 0) is 19.3 Å². The summed E-state index contributed by atoms with van der Waals surface area (Å²) in [5.41, 5.74) is 0. The summed E-state index contributed by atoms with van der Waals surface area (Å²) in [6.45, 7) is 2.69. The zero-order chi connectivity index (χ0) is 11.3. The Bertz CT molecular complexity index is 273. The van der Waals surface area contributed by atoms with Crippen molar-refractivity contribution in [2.45, 2.75) is 44.0 Å². The largest absolute Gasteiger partial charge is 0.389 e. The van der Waals surface area contributed by atoms with Gasteiger partial charge in [0.2, 0.25) is 0 Å². The third-order valence-corrected chi connectivity index (χ3v) is 5.03. The van der Waals surface area contributed by atoms with Crippen LogP contribution in [0.1, 0.15) is 32.6 Å². The molecule has 4 nitrogen and oxygen atoms in total. The molecular formula is C10H20O4S. The molecule has 2 unspecified atom stereocenters. The minimum Gasteiger partial charge on any atom is -0.389 e. The van der Waals surface area contributed by atoms with E-state index in [-0.39, 0.29) is 12.4 Å². The van der Waals surface area contributed by atoms with E-state index < -0.39 is 21.2 Å². The van der Waals surface area contributed by atoms with Crippen LogP contribution in [0.2, 0.25) is 0 Å². The summed E-state index contributed by atoms with van der Waals surface area (Å²) >= 11 is 0. The van der Waals surface area contributed by atoms with Crippen LogP contribution in [0.4, 0.5) is 0 Å². The standard InChI is InChI=1S/C10H20O4S/c1-2-6-14-8-9(11)10-5-3-4-7-15(10,12)13/h9-11H,2-8H2,1H3. The van der Waals surface area contributed by atoms with E-state index in [1.165, 1.54) is 0 Å². The monoisotopic (exact) mass is 236 g/mol. The molecule has 0 aromatic heterocycles. The number of rotatable bonds is 5. The Kier molecular flexibility index (Phi) is 5.02. The van der Waals surface area contributed by atoms with Crippen LogP contribution < -0.4 is 0 Å². The molecule has 5 heteroatoms. The Balaban J connectivity index is 2.46. The Morgan fingerprint density at radius 2 is 2.20 bits per heavy atom. The average Bonchev–Trinajstić information content (AvgIpc) is 2.17. The van der Waals surface area contributed by atoms with E-state index in [9.17, 15) is 13.5 Å². The molecule has 1 fully saturated rings. The average molecular weight is 236 g/mol. The van der Waals surface area contributed by atoms with Crippen molar-refractivity contribution in [1.29, 1.82) is 0 Å². The lowest BCUT2D eigenvalue weighted by Gasteiger charge is -2.26.